The van der Waals surface area contributed by atoms with E-state index in [9.17, 15) is 10.1 Å². The van der Waals surface area contributed by atoms with Gasteiger partial charge in [0.2, 0.25) is 0 Å². The van der Waals surface area contributed by atoms with Crippen LogP contribution in [0.4, 0.5) is 11.4 Å². The van der Waals surface area contributed by atoms with Crippen LogP contribution in [-0.2, 0) is 0 Å². The van der Waals surface area contributed by atoms with Crippen LogP contribution in [0.1, 0.15) is 31.2 Å². The van der Waals surface area contributed by atoms with Crippen LogP contribution in [0.15, 0.2) is 18.2 Å². The predicted molar refractivity (Wildman–Crippen MR) is 76.5 cm³/mol. The lowest BCUT2D eigenvalue weighted by molar-refractivity contribution is -0.384. The molecule has 6 nitrogen and oxygen atoms in total. The van der Waals surface area contributed by atoms with Crippen molar-refractivity contribution in [3.05, 3.63) is 33.9 Å². The first-order valence-corrected chi connectivity index (χ1v) is 6.82. The summed E-state index contributed by atoms with van der Waals surface area (Å²) in [4.78, 5) is 12.9. The summed E-state index contributed by atoms with van der Waals surface area (Å²) in [6.07, 6.45) is 4.00. The van der Waals surface area contributed by atoms with E-state index in [1.165, 1.54) is 6.07 Å². The van der Waals surface area contributed by atoms with Crippen molar-refractivity contribution in [3.8, 4) is 6.07 Å². The first-order chi connectivity index (χ1) is 9.67. The summed E-state index contributed by atoms with van der Waals surface area (Å²) in [5.74, 6) is 0. The average Bonchev–Trinajstić information content (AvgIpc) is 2.47. The molecule has 0 amide bonds. The zero-order chi connectivity index (χ0) is 14.5. The minimum Gasteiger partial charge on any atom is -0.363 e. The zero-order valence-corrected chi connectivity index (χ0v) is 11.3. The van der Waals surface area contributed by atoms with Gasteiger partial charge in [0.25, 0.3) is 5.69 Å². The monoisotopic (exact) mass is 274 g/mol. The van der Waals surface area contributed by atoms with Gasteiger partial charge in [-0.2, -0.15) is 5.26 Å². The van der Waals surface area contributed by atoms with Gasteiger partial charge in [-0.1, -0.05) is 0 Å². The molecule has 2 N–H and O–H groups in total. The highest BCUT2D eigenvalue weighted by atomic mass is 16.6. The fourth-order valence-electron chi connectivity index (χ4n) is 2.79. The maximum absolute atomic E-state index is 11.2. The van der Waals surface area contributed by atoms with Crippen molar-refractivity contribution in [3.63, 3.8) is 0 Å². The molecule has 0 radical (unpaired) electrons. The van der Waals surface area contributed by atoms with Gasteiger partial charge in [-0.3, -0.25) is 10.1 Å². The Morgan fingerprint density at radius 1 is 1.50 bits per heavy atom. The van der Waals surface area contributed by atoms with Crippen molar-refractivity contribution < 1.29 is 4.92 Å². The molecule has 1 aliphatic heterocycles. The Labute approximate surface area is 117 Å². The lowest BCUT2D eigenvalue weighted by atomic mass is 9.98. The van der Waals surface area contributed by atoms with E-state index in [-0.39, 0.29) is 11.7 Å². The van der Waals surface area contributed by atoms with Crippen molar-refractivity contribution >= 4 is 11.4 Å². The normalized spacial score (nSPS) is 18.6. The van der Waals surface area contributed by atoms with Gasteiger partial charge in [0.1, 0.15) is 5.69 Å². The molecule has 0 aliphatic carbocycles. The molecule has 6 heteroatoms. The van der Waals surface area contributed by atoms with Crippen molar-refractivity contribution in [2.75, 3.05) is 18.0 Å². The summed E-state index contributed by atoms with van der Waals surface area (Å²) in [7, 11) is 0. The van der Waals surface area contributed by atoms with E-state index in [4.69, 9.17) is 11.0 Å². The third kappa shape index (κ3) is 2.89. The number of anilines is 1. The molecule has 1 aliphatic rings. The fourth-order valence-corrected chi connectivity index (χ4v) is 2.79. The van der Waals surface area contributed by atoms with Crippen LogP contribution in [0.5, 0.6) is 0 Å². The molecule has 20 heavy (non-hydrogen) atoms. The number of nitriles is 1. The quantitative estimate of drug-likeness (QED) is 0.670. The van der Waals surface area contributed by atoms with Gasteiger partial charge in [-0.25, -0.2) is 0 Å². The third-order valence-electron chi connectivity index (χ3n) is 3.74. The van der Waals surface area contributed by atoms with E-state index in [0.717, 1.165) is 32.2 Å². The summed E-state index contributed by atoms with van der Waals surface area (Å²) in [5.41, 5.74) is 6.56. The molecule has 0 spiro atoms. The van der Waals surface area contributed by atoms with Gasteiger partial charge < -0.3 is 10.6 Å². The summed E-state index contributed by atoms with van der Waals surface area (Å²) in [6.45, 7) is 1.38. The second-order valence-electron chi connectivity index (χ2n) is 4.99. The smallest absolute Gasteiger partial charge is 0.293 e. The van der Waals surface area contributed by atoms with Crippen molar-refractivity contribution in [2.24, 2.45) is 5.73 Å². The molecule has 2 rings (SSSR count). The molecular formula is C14H18N4O2. The highest BCUT2D eigenvalue weighted by Gasteiger charge is 2.27. The molecule has 1 aromatic rings. The van der Waals surface area contributed by atoms with E-state index in [1.54, 1.807) is 12.1 Å². The average molecular weight is 274 g/mol. The molecule has 1 saturated heterocycles. The Hall–Kier alpha value is -2.13. The fraction of sp³-hybridized carbons (Fsp3) is 0.500. The van der Waals surface area contributed by atoms with E-state index < -0.39 is 4.92 Å². The first-order valence-electron chi connectivity index (χ1n) is 6.82. The number of piperidine rings is 1. The van der Waals surface area contributed by atoms with Gasteiger partial charge in [0.05, 0.1) is 16.6 Å². The van der Waals surface area contributed by atoms with Crippen LogP contribution < -0.4 is 10.6 Å². The number of hydrogen-bond acceptors (Lipinski definition) is 5. The number of nitro benzene ring substituents is 1. The van der Waals surface area contributed by atoms with Crippen LogP contribution >= 0.6 is 0 Å². The number of rotatable bonds is 4. The van der Waals surface area contributed by atoms with Gasteiger partial charge in [-0.15, -0.1) is 0 Å². The molecule has 0 bridgehead atoms. The molecule has 1 aromatic carbocycles. The van der Waals surface area contributed by atoms with E-state index >= 15 is 0 Å². The van der Waals surface area contributed by atoms with Gasteiger partial charge in [-0.05, 0) is 44.4 Å². The van der Waals surface area contributed by atoms with Crippen molar-refractivity contribution in [2.45, 2.75) is 31.7 Å². The first kappa shape index (κ1) is 14.3. The topological polar surface area (TPSA) is 96.2 Å². The van der Waals surface area contributed by atoms with Gasteiger partial charge >= 0.3 is 0 Å². The Balaban J connectivity index is 2.39. The molecule has 106 valence electrons. The van der Waals surface area contributed by atoms with Crippen LogP contribution in [0.2, 0.25) is 0 Å². The van der Waals surface area contributed by atoms with Gasteiger partial charge in [0, 0.05) is 18.7 Å². The molecule has 1 fully saturated rings. The molecular weight excluding hydrogens is 256 g/mol. The van der Waals surface area contributed by atoms with Crippen molar-refractivity contribution in [1.82, 2.24) is 0 Å². The second-order valence-corrected chi connectivity index (χ2v) is 4.99. The number of nitrogens with two attached hydrogens (primary N) is 1. The van der Waals surface area contributed by atoms with Crippen molar-refractivity contribution in [1.29, 1.82) is 5.26 Å². The summed E-state index contributed by atoms with van der Waals surface area (Å²) in [5, 5.41) is 20.1. The highest BCUT2D eigenvalue weighted by molar-refractivity contribution is 5.66. The summed E-state index contributed by atoms with van der Waals surface area (Å²) >= 11 is 0. The standard InChI is InChI=1S/C14H18N4O2/c15-7-6-12-3-1-2-8-17(12)13-5-4-11(10-16)9-14(13)18(19)20/h4-5,9,12H,1-3,6-8,15H2. The molecule has 0 saturated carbocycles. The molecule has 1 unspecified atom stereocenters. The highest BCUT2D eigenvalue weighted by Crippen LogP contribution is 2.34. The molecule has 1 atom stereocenters. The van der Waals surface area contributed by atoms with E-state index in [2.05, 4.69) is 4.90 Å². The van der Waals surface area contributed by atoms with E-state index in [0.29, 0.717) is 17.8 Å². The Kier molecular flexibility index (Phi) is 4.53. The lowest BCUT2D eigenvalue weighted by Crippen LogP contribution is -2.41. The zero-order valence-electron chi connectivity index (χ0n) is 11.3. The van der Waals surface area contributed by atoms with E-state index in [1.807, 2.05) is 6.07 Å². The van der Waals surface area contributed by atoms with Crippen LogP contribution in [0.3, 0.4) is 0 Å². The maximum Gasteiger partial charge on any atom is 0.293 e. The lowest BCUT2D eigenvalue weighted by Gasteiger charge is -2.37. The third-order valence-corrected chi connectivity index (χ3v) is 3.74. The minimum absolute atomic E-state index is 0.00738. The SMILES string of the molecule is N#Cc1ccc(N2CCCCC2CCN)c([N+](=O)[O-])c1. The van der Waals surface area contributed by atoms with Crippen LogP contribution in [-0.4, -0.2) is 24.1 Å². The maximum atomic E-state index is 11.2. The summed E-state index contributed by atoms with van der Waals surface area (Å²) in [6, 6.07) is 6.87. The second kappa shape index (κ2) is 6.35. The number of nitro groups is 1. The summed E-state index contributed by atoms with van der Waals surface area (Å²) < 4.78 is 0. The Morgan fingerprint density at radius 3 is 2.95 bits per heavy atom. The number of hydrogen-bond donors (Lipinski definition) is 1. The molecule has 1 heterocycles. The number of nitrogens with zero attached hydrogens (tertiary/aromatic N) is 3. The molecule has 0 aromatic heterocycles. The predicted octanol–water partition coefficient (Wildman–Crippen LogP) is 2.17. The van der Waals surface area contributed by atoms with Gasteiger partial charge in [0.15, 0.2) is 0 Å². The number of benzene rings is 1. The Morgan fingerprint density at radius 2 is 2.30 bits per heavy atom. The minimum atomic E-state index is -0.412. The van der Waals surface area contributed by atoms with Crippen LogP contribution in [0.25, 0.3) is 0 Å². The van der Waals surface area contributed by atoms with Crippen LogP contribution in [0, 0.1) is 21.4 Å². The Bertz CT molecular complexity index is 536. The largest absolute Gasteiger partial charge is 0.363 e.